The minimum Gasteiger partial charge on any atom is -0.279 e. The molecule has 1 aliphatic heterocycles. The Balaban J connectivity index is 1.62. The summed E-state index contributed by atoms with van der Waals surface area (Å²) >= 11 is 0. The second kappa shape index (κ2) is 3.82. The predicted octanol–water partition coefficient (Wildman–Crippen LogP) is 2.35. The van der Waals surface area contributed by atoms with Crippen molar-refractivity contribution in [1.29, 1.82) is 0 Å². The second-order valence-electron chi connectivity index (χ2n) is 6.72. The van der Waals surface area contributed by atoms with Crippen molar-refractivity contribution in [3.05, 3.63) is 0 Å². The third-order valence-electron chi connectivity index (χ3n) is 5.90. The monoisotopic (exact) mass is 247 g/mol. The average Bonchev–Trinajstić information content (AvgIpc) is 3.05. The fourth-order valence-electron chi connectivity index (χ4n) is 5.13. The molecule has 0 aromatic heterocycles. The molecule has 3 nitrogen and oxygen atoms in total. The van der Waals surface area contributed by atoms with Gasteiger partial charge in [0.25, 0.3) is 0 Å². The maximum absolute atomic E-state index is 12.6. The van der Waals surface area contributed by atoms with Gasteiger partial charge in [0, 0.05) is 6.04 Å². The molecule has 0 N–H and O–H groups in total. The molecule has 3 saturated carbocycles. The van der Waals surface area contributed by atoms with Crippen molar-refractivity contribution in [1.82, 2.24) is 4.90 Å². The summed E-state index contributed by atoms with van der Waals surface area (Å²) in [7, 11) is 0. The molecule has 0 radical (unpaired) electrons. The van der Waals surface area contributed by atoms with Gasteiger partial charge in [-0.15, -0.1) is 0 Å². The maximum atomic E-state index is 12.6. The van der Waals surface area contributed by atoms with Crippen LogP contribution in [0.15, 0.2) is 0 Å². The molecule has 2 amide bonds. The lowest BCUT2D eigenvalue weighted by Crippen LogP contribution is -2.42. The molecule has 4 atom stereocenters. The summed E-state index contributed by atoms with van der Waals surface area (Å²) in [4.78, 5) is 26.9. The summed E-state index contributed by atoms with van der Waals surface area (Å²) in [5.41, 5.74) is 0. The van der Waals surface area contributed by atoms with Gasteiger partial charge < -0.3 is 0 Å². The highest BCUT2D eigenvalue weighted by atomic mass is 16.2. The zero-order chi connectivity index (χ0) is 12.3. The van der Waals surface area contributed by atoms with E-state index in [2.05, 4.69) is 0 Å². The van der Waals surface area contributed by atoms with Crippen molar-refractivity contribution in [2.24, 2.45) is 23.7 Å². The molecule has 0 aromatic rings. The zero-order valence-electron chi connectivity index (χ0n) is 10.8. The first kappa shape index (κ1) is 11.0. The van der Waals surface area contributed by atoms with Gasteiger partial charge in [-0.1, -0.05) is 19.3 Å². The lowest BCUT2D eigenvalue weighted by Gasteiger charge is -2.30. The van der Waals surface area contributed by atoms with Crippen LogP contribution in [0.1, 0.15) is 51.4 Å². The van der Waals surface area contributed by atoms with Gasteiger partial charge in [-0.2, -0.15) is 0 Å². The van der Waals surface area contributed by atoms with Gasteiger partial charge in [0.05, 0.1) is 11.8 Å². The maximum Gasteiger partial charge on any atom is 0.233 e. The number of fused-ring (bicyclic) bond motifs is 5. The Morgan fingerprint density at radius 1 is 0.778 bits per heavy atom. The van der Waals surface area contributed by atoms with E-state index in [1.165, 1.54) is 32.1 Å². The quantitative estimate of drug-likeness (QED) is 0.667. The van der Waals surface area contributed by atoms with Crippen LogP contribution in [0.25, 0.3) is 0 Å². The zero-order valence-corrected chi connectivity index (χ0v) is 10.8. The van der Waals surface area contributed by atoms with Crippen molar-refractivity contribution in [3.8, 4) is 0 Å². The Kier molecular flexibility index (Phi) is 2.33. The molecule has 18 heavy (non-hydrogen) atoms. The van der Waals surface area contributed by atoms with Crippen LogP contribution in [0.3, 0.4) is 0 Å². The van der Waals surface area contributed by atoms with Crippen molar-refractivity contribution in [2.45, 2.75) is 57.4 Å². The van der Waals surface area contributed by atoms with E-state index in [0.717, 1.165) is 19.3 Å². The van der Waals surface area contributed by atoms with E-state index in [9.17, 15) is 9.59 Å². The molecule has 3 aliphatic carbocycles. The Bertz CT molecular complexity index is 371. The molecule has 0 spiro atoms. The van der Waals surface area contributed by atoms with E-state index in [1.807, 2.05) is 0 Å². The molecular weight excluding hydrogens is 226 g/mol. The number of likely N-dealkylation sites (tertiary alicyclic amines) is 1. The number of carbonyl (C=O) groups is 2. The van der Waals surface area contributed by atoms with Crippen LogP contribution >= 0.6 is 0 Å². The molecule has 3 heteroatoms. The molecule has 1 saturated heterocycles. The number of hydrogen-bond acceptors (Lipinski definition) is 2. The molecule has 2 bridgehead atoms. The van der Waals surface area contributed by atoms with Crippen LogP contribution in [0, 0.1) is 23.7 Å². The number of imide groups is 1. The Labute approximate surface area is 108 Å². The first-order valence-electron chi connectivity index (χ1n) is 7.64. The standard InChI is InChI=1S/C15H21NO2/c17-14-12-9-6-7-10(8-9)13(12)15(18)16(14)11-4-2-1-3-5-11/h9-13H,1-8H2/t9-,10+,12+,13-. The number of carbonyl (C=O) groups excluding carboxylic acids is 2. The third kappa shape index (κ3) is 1.31. The van der Waals surface area contributed by atoms with Gasteiger partial charge in [-0.3, -0.25) is 14.5 Å². The highest BCUT2D eigenvalue weighted by molar-refractivity contribution is 6.06. The Hall–Kier alpha value is -0.860. The van der Waals surface area contributed by atoms with E-state index in [4.69, 9.17) is 0 Å². The highest BCUT2D eigenvalue weighted by Gasteiger charge is 2.61. The van der Waals surface area contributed by atoms with E-state index >= 15 is 0 Å². The minimum atomic E-state index is 0.0816. The van der Waals surface area contributed by atoms with Crippen LogP contribution in [-0.4, -0.2) is 22.8 Å². The first-order valence-corrected chi connectivity index (χ1v) is 7.64. The molecule has 98 valence electrons. The van der Waals surface area contributed by atoms with E-state index in [0.29, 0.717) is 11.8 Å². The largest absolute Gasteiger partial charge is 0.279 e. The average molecular weight is 247 g/mol. The fourth-order valence-corrected chi connectivity index (χ4v) is 5.13. The molecule has 4 fully saturated rings. The summed E-state index contributed by atoms with van der Waals surface area (Å²) in [6.07, 6.45) is 9.25. The van der Waals surface area contributed by atoms with Gasteiger partial charge in [0.15, 0.2) is 0 Å². The molecular formula is C15H21NO2. The molecule has 4 rings (SSSR count). The molecule has 4 aliphatic rings. The molecule has 0 aromatic carbocycles. The molecule has 0 unspecified atom stereocenters. The summed E-state index contributed by atoms with van der Waals surface area (Å²) in [5, 5.41) is 0. The predicted molar refractivity (Wildman–Crippen MR) is 66.5 cm³/mol. The summed E-state index contributed by atoms with van der Waals surface area (Å²) in [6, 6.07) is 0.240. The van der Waals surface area contributed by atoms with E-state index in [1.54, 1.807) is 4.90 Å². The van der Waals surface area contributed by atoms with Crippen LogP contribution in [0.2, 0.25) is 0 Å². The van der Waals surface area contributed by atoms with Crippen molar-refractivity contribution in [2.75, 3.05) is 0 Å². The van der Waals surface area contributed by atoms with Gasteiger partial charge >= 0.3 is 0 Å². The van der Waals surface area contributed by atoms with Gasteiger partial charge in [-0.05, 0) is 43.9 Å². The van der Waals surface area contributed by atoms with E-state index < -0.39 is 0 Å². The summed E-state index contributed by atoms with van der Waals surface area (Å²) in [5.74, 6) is 1.62. The van der Waals surface area contributed by atoms with Crippen LogP contribution in [0.5, 0.6) is 0 Å². The second-order valence-corrected chi connectivity index (χ2v) is 6.72. The lowest BCUT2D eigenvalue weighted by molar-refractivity contribution is -0.144. The molecule has 1 heterocycles. The number of rotatable bonds is 1. The van der Waals surface area contributed by atoms with Crippen LogP contribution in [0.4, 0.5) is 0 Å². The van der Waals surface area contributed by atoms with Crippen LogP contribution in [-0.2, 0) is 9.59 Å². The first-order chi connectivity index (χ1) is 8.77. The van der Waals surface area contributed by atoms with Gasteiger partial charge in [-0.25, -0.2) is 0 Å². The van der Waals surface area contributed by atoms with Crippen molar-refractivity contribution >= 4 is 11.8 Å². The normalized spacial score (nSPS) is 43.9. The highest BCUT2D eigenvalue weighted by Crippen LogP contribution is 2.56. The number of hydrogen-bond donors (Lipinski definition) is 0. The van der Waals surface area contributed by atoms with Crippen LogP contribution < -0.4 is 0 Å². The van der Waals surface area contributed by atoms with E-state index in [-0.39, 0.29) is 29.7 Å². The van der Waals surface area contributed by atoms with Gasteiger partial charge in [0.1, 0.15) is 0 Å². The smallest absolute Gasteiger partial charge is 0.233 e. The number of amides is 2. The van der Waals surface area contributed by atoms with Crippen molar-refractivity contribution in [3.63, 3.8) is 0 Å². The minimum absolute atomic E-state index is 0.0816. The van der Waals surface area contributed by atoms with Crippen molar-refractivity contribution < 1.29 is 9.59 Å². The fraction of sp³-hybridized carbons (Fsp3) is 0.867. The summed E-state index contributed by atoms with van der Waals surface area (Å²) in [6.45, 7) is 0. The number of nitrogens with zero attached hydrogens (tertiary/aromatic N) is 1. The van der Waals surface area contributed by atoms with Gasteiger partial charge in [0.2, 0.25) is 11.8 Å². The SMILES string of the molecule is O=C1[C@@H]2[C@H]3CC[C@H](C3)[C@@H]2C(=O)N1C1CCCCC1. The summed E-state index contributed by atoms with van der Waals surface area (Å²) < 4.78 is 0. The third-order valence-corrected chi connectivity index (χ3v) is 5.90. The Morgan fingerprint density at radius 2 is 1.33 bits per heavy atom. The Morgan fingerprint density at radius 3 is 1.89 bits per heavy atom. The topological polar surface area (TPSA) is 37.4 Å². The lowest BCUT2D eigenvalue weighted by atomic mass is 9.81.